The highest BCUT2D eigenvalue weighted by Gasteiger charge is 2.23. The molecule has 2 aromatic rings. The molecule has 0 saturated heterocycles. The second-order valence-electron chi connectivity index (χ2n) is 9.75. The molecule has 176 valence electrons. The van der Waals surface area contributed by atoms with Crippen molar-refractivity contribution in [1.82, 2.24) is 10.6 Å². The van der Waals surface area contributed by atoms with Crippen molar-refractivity contribution in [2.45, 2.75) is 91.4 Å². The van der Waals surface area contributed by atoms with E-state index >= 15 is 0 Å². The number of hydrogen-bond donors (Lipinski definition) is 2. The first kappa shape index (κ1) is 24.6. The number of aryl methyl sites for hydroxylation is 4. The van der Waals surface area contributed by atoms with Crippen LogP contribution in [-0.4, -0.2) is 37.4 Å². The van der Waals surface area contributed by atoms with Crippen LogP contribution in [-0.2, 0) is 0 Å². The Balaban J connectivity index is 1.35. The fraction of sp³-hybridized carbons (Fsp3) is 0.571. The zero-order valence-electron chi connectivity index (χ0n) is 20.8. The van der Waals surface area contributed by atoms with Gasteiger partial charge in [0, 0.05) is 24.2 Å². The lowest BCUT2D eigenvalue weighted by Crippen LogP contribution is -2.47. The maximum absolute atomic E-state index is 6.14. The first-order valence-corrected chi connectivity index (χ1v) is 12.2. The van der Waals surface area contributed by atoms with Crippen LogP contribution in [0.3, 0.4) is 0 Å². The summed E-state index contributed by atoms with van der Waals surface area (Å²) in [6.45, 7) is 14.3. The molecule has 0 aliphatic heterocycles. The van der Waals surface area contributed by atoms with Gasteiger partial charge in [-0.15, -0.1) is 0 Å². The largest absolute Gasteiger partial charge is 0.491 e. The van der Waals surface area contributed by atoms with Crippen LogP contribution >= 0.6 is 0 Å². The number of nitrogens with one attached hydrogen (secondary N) is 2. The van der Waals surface area contributed by atoms with E-state index in [1.165, 1.54) is 47.9 Å². The van der Waals surface area contributed by atoms with Gasteiger partial charge in [0.1, 0.15) is 24.7 Å². The summed E-state index contributed by atoms with van der Waals surface area (Å²) >= 11 is 0. The summed E-state index contributed by atoms with van der Waals surface area (Å²) in [6.07, 6.45) is 4.82. The van der Waals surface area contributed by atoms with Gasteiger partial charge in [0.15, 0.2) is 0 Å². The van der Waals surface area contributed by atoms with Crippen LogP contribution in [0.25, 0.3) is 0 Å². The average Bonchev–Trinajstić information content (AvgIpc) is 2.74. The minimum atomic E-state index is 0.341. The van der Waals surface area contributed by atoms with Gasteiger partial charge in [0.25, 0.3) is 0 Å². The van der Waals surface area contributed by atoms with E-state index in [0.29, 0.717) is 37.4 Å². The summed E-state index contributed by atoms with van der Waals surface area (Å²) in [5.74, 6) is 2.07. The first-order chi connectivity index (χ1) is 15.3. The third-order valence-electron chi connectivity index (χ3n) is 6.54. The fourth-order valence-corrected chi connectivity index (χ4v) is 4.80. The second-order valence-corrected chi connectivity index (χ2v) is 9.75. The van der Waals surface area contributed by atoms with Gasteiger partial charge in [-0.05, 0) is 89.5 Å². The Hall–Kier alpha value is -2.04. The lowest BCUT2D eigenvalue weighted by atomic mass is 9.90. The number of para-hydroxylation sites is 2. The highest BCUT2D eigenvalue weighted by atomic mass is 16.5. The van der Waals surface area contributed by atoms with Gasteiger partial charge in [-0.3, -0.25) is 0 Å². The lowest BCUT2D eigenvalue weighted by molar-refractivity contribution is 0.214. The van der Waals surface area contributed by atoms with Gasteiger partial charge in [0.05, 0.1) is 0 Å². The van der Waals surface area contributed by atoms with Crippen LogP contribution in [0.1, 0.15) is 61.8 Å². The van der Waals surface area contributed by atoms with Crippen LogP contribution in [0.5, 0.6) is 11.5 Å². The van der Waals surface area contributed by atoms with Crippen molar-refractivity contribution >= 4 is 0 Å². The molecular formula is C28H42N2O2. The summed E-state index contributed by atoms with van der Waals surface area (Å²) < 4.78 is 12.3. The van der Waals surface area contributed by atoms with Gasteiger partial charge in [-0.2, -0.15) is 0 Å². The molecule has 4 nitrogen and oxygen atoms in total. The minimum absolute atomic E-state index is 0.341. The van der Waals surface area contributed by atoms with E-state index in [2.05, 4.69) is 88.6 Å². The van der Waals surface area contributed by atoms with E-state index < -0.39 is 0 Å². The Labute approximate surface area is 195 Å². The van der Waals surface area contributed by atoms with Crippen molar-refractivity contribution in [3.8, 4) is 11.5 Å². The molecule has 0 heterocycles. The Morgan fingerprint density at radius 2 is 0.969 bits per heavy atom. The van der Waals surface area contributed by atoms with Crippen molar-refractivity contribution in [1.29, 1.82) is 0 Å². The molecule has 3 rings (SSSR count). The molecule has 1 saturated carbocycles. The molecule has 1 aliphatic carbocycles. The van der Waals surface area contributed by atoms with Crippen molar-refractivity contribution in [2.24, 2.45) is 0 Å². The van der Waals surface area contributed by atoms with Gasteiger partial charge in [-0.25, -0.2) is 0 Å². The highest BCUT2D eigenvalue weighted by Crippen LogP contribution is 2.24. The molecule has 2 N–H and O–H groups in total. The molecule has 0 aromatic heterocycles. The highest BCUT2D eigenvalue weighted by molar-refractivity contribution is 5.40. The van der Waals surface area contributed by atoms with E-state index in [1.807, 2.05) is 0 Å². The molecular weight excluding hydrogens is 396 g/mol. The predicted molar refractivity (Wildman–Crippen MR) is 134 cm³/mol. The van der Waals surface area contributed by atoms with Crippen LogP contribution in [0.2, 0.25) is 0 Å². The summed E-state index contributed by atoms with van der Waals surface area (Å²) in [5, 5.41) is 7.57. The average molecular weight is 439 g/mol. The summed E-state index contributed by atoms with van der Waals surface area (Å²) in [5.41, 5.74) is 4.83. The number of hydrogen-bond acceptors (Lipinski definition) is 4. The van der Waals surface area contributed by atoms with Gasteiger partial charge < -0.3 is 20.1 Å². The molecule has 0 amide bonds. The molecule has 1 fully saturated rings. The summed E-state index contributed by atoms with van der Waals surface area (Å²) in [7, 11) is 0. The van der Waals surface area contributed by atoms with E-state index in [-0.39, 0.29) is 0 Å². The number of rotatable bonds is 10. The Kier molecular flexibility index (Phi) is 9.01. The first-order valence-electron chi connectivity index (χ1n) is 12.2. The Morgan fingerprint density at radius 1 is 0.656 bits per heavy atom. The van der Waals surface area contributed by atoms with Gasteiger partial charge in [0.2, 0.25) is 0 Å². The zero-order chi connectivity index (χ0) is 23.1. The Morgan fingerprint density at radius 3 is 1.28 bits per heavy atom. The molecule has 1 aliphatic rings. The summed E-state index contributed by atoms with van der Waals surface area (Å²) in [6, 6.07) is 14.5. The maximum atomic E-state index is 6.14. The normalized spacial score (nSPS) is 20.6. The smallest absolute Gasteiger partial charge is 0.125 e. The maximum Gasteiger partial charge on any atom is 0.125 e. The number of benzene rings is 2. The van der Waals surface area contributed by atoms with E-state index in [9.17, 15) is 0 Å². The Bertz CT molecular complexity index is 747. The van der Waals surface area contributed by atoms with E-state index in [0.717, 1.165) is 11.5 Å². The SMILES string of the molecule is Cc1cccc(C)c1OCC(C)NC1CCC(NC(C)COc2c(C)cccc2C)CC1. The van der Waals surface area contributed by atoms with Crippen molar-refractivity contribution in [3.05, 3.63) is 58.7 Å². The van der Waals surface area contributed by atoms with E-state index in [1.54, 1.807) is 0 Å². The summed E-state index contributed by atoms with van der Waals surface area (Å²) in [4.78, 5) is 0. The third-order valence-corrected chi connectivity index (χ3v) is 6.54. The molecule has 32 heavy (non-hydrogen) atoms. The molecule has 2 unspecified atom stereocenters. The minimum Gasteiger partial charge on any atom is -0.491 e. The third kappa shape index (κ3) is 6.98. The monoisotopic (exact) mass is 438 g/mol. The van der Waals surface area contributed by atoms with Crippen LogP contribution in [0, 0.1) is 27.7 Å². The fourth-order valence-electron chi connectivity index (χ4n) is 4.80. The van der Waals surface area contributed by atoms with Crippen LogP contribution in [0.15, 0.2) is 36.4 Å². The van der Waals surface area contributed by atoms with Crippen molar-refractivity contribution in [3.63, 3.8) is 0 Å². The molecule has 0 radical (unpaired) electrons. The van der Waals surface area contributed by atoms with Crippen molar-refractivity contribution < 1.29 is 9.47 Å². The predicted octanol–water partition coefficient (Wildman–Crippen LogP) is 5.65. The lowest BCUT2D eigenvalue weighted by Gasteiger charge is -2.33. The molecule has 2 atom stereocenters. The molecule has 4 heteroatoms. The molecule has 0 bridgehead atoms. The quantitative estimate of drug-likeness (QED) is 0.503. The zero-order valence-corrected chi connectivity index (χ0v) is 20.8. The van der Waals surface area contributed by atoms with Crippen LogP contribution < -0.4 is 20.1 Å². The standard InChI is InChI=1S/C28H42N2O2/c1-19-9-7-10-20(2)27(19)31-17-23(5)29-25-13-15-26(16-14-25)30-24(6)18-32-28-21(3)11-8-12-22(28)4/h7-12,23-26,29-30H,13-18H2,1-6H3. The van der Waals surface area contributed by atoms with Gasteiger partial charge >= 0.3 is 0 Å². The van der Waals surface area contributed by atoms with Crippen LogP contribution in [0.4, 0.5) is 0 Å². The molecule has 0 spiro atoms. The molecule has 2 aromatic carbocycles. The van der Waals surface area contributed by atoms with E-state index in [4.69, 9.17) is 9.47 Å². The topological polar surface area (TPSA) is 42.5 Å². The second kappa shape index (κ2) is 11.7. The van der Waals surface area contributed by atoms with Gasteiger partial charge in [-0.1, -0.05) is 36.4 Å². The van der Waals surface area contributed by atoms with Crippen molar-refractivity contribution in [2.75, 3.05) is 13.2 Å². The number of ether oxygens (including phenoxy) is 2.